The van der Waals surface area contributed by atoms with E-state index in [-0.39, 0.29) is 22.7 Å². The Labute approximate surface area is 191 Å². The lowest BCUT2D eigenvalue weighted by atomic mass is 10.0. The number of piperidine rings is 1. The number of nitrogens with two attached hydrogens (primary N) is 1. The Kier molecular flexibility index (Phi) is 6.46. The summed E-state index contributed by atoms with van der Waals surface area (Å²) in [7, 11) is 4.09. The van der Waals surface area contributed by atoms with Crippen LogP contribution in [0.4, 0.5) is 10.1 Å². The first-order chi connectivity index (χ1) is 15.8. The Morgan fingerprint density at radius 3 is 2.70 bits per heavy atom. The number of carbonyl (C=O) groups is 1. The van der Waals surface area contributed by atoms with Crippen molar-refractivity contribution in [1.29, 1.82) is 0 Å². The number of nitrogens with one attached hydrogen (secondary N) is 2. The second-order valence-corrected chi connectivity index (χ2v) is 8.58. The van der Waals surface area contributed by atoms with Crippen LogP contribution in [-0.4, -0.2) is 53.9 Å². The van der Waals surface area contributed by atoms with Gasteiger partial charge in [-0.05, 0) is 75.5 Å². The van der Waals surface area contributed by atoms with E-state index in [2.05, 4.69) is 15.2 Å². The predicted octanol–water partition coefficient (Wildman–Crippen LogP) is 3.20. The monoisotopic (exact) mass is 449 g/mol. The summed E-state index contributed by atoms with van der Waals surface area (Å²) in [5, 5.41) is 3.61. The highest BCUT2D eigenvalue weighted by Gasteiger charge is 2.25. The molecule has 0 unspecified atom stereocenters. The van der Waals surface area contributed by atoms with Gasteiger partial charge in [-0.15, -0.1) is 0 Å². The van der Waals surface area contributed by atoms with Crippen molar-refractivity contribution in [3.8, 4) is 0 Å². The molecule has 3 aromatic rings. The molecule has 4 rings (SSSR count). The molecule has 0 spiro atoms. The molecule has 1 fully saturated rings. The summed E-state index contributed by atoms with van der Waals surface area (Å²) in [4.78, 5) is 32.0. The molecule has 1 saturated heterocycles. The molecular formula is C25H28FN5O2. The van der Waals surface area contributed by atoms with Crippen molar-refractivity contribution in [3.05, 3.63) is 82.0 Å². The van der Waals surface area contributed by atoms with E-state index in [1.54, 1.807) is 30.3 Å². The molecule has 1 aromatic heterocycles. The van der Waals surface area contributed by atoms with Crippen LogP contribution in [-0.2, 0) is 0 Å². The van der Waals surface area contributed by atoms with Gasteiger partial charge < -0.3 is 25.8 Å². The maximum absolute atomic E-state index is 13.5. The molecule has 0 saturated carbocycles. The molecule has 4 N–H and O–H groups in total. The van der Waals surface area contributed by atoms with Gasteiger partial charge >= 0.3 is 0 Å². The van der Waals surface area contributed by atoms with Crippen LogP contribution in [0, 0.1) is 5.82 Å². The third-order valence-electron chi connectivity index (χ3n) is 6.06. The molecule has 2 aromatic carbocycles. The van der Waals surface area contributed by atoms with E-state index in [4.69, 9.17) is 5.73 Å². The molecule has 1 amide bonds. The van der Waals surface area contributed by atoms with Crippen molar-refractivity contribution < 1.29 is 9.18 Å². The zero-order valence-electron chi connectivity index (χ0n) is 18.8. The number of likely N-dealkylation sites (N-methyl/N-ethyl adjacent to an activating group) is 1. The van der Waals surface area contributed by atoms with Crippen molar-refractivity contribution in [1.82, 2.24) is 14.8 Å². The van der Waals surface area contributed by atoms with Crippen molar-refractivity contribution >= 4 is 28.2 Å². The summed E-state index contributed by atoms with van der Waals surface area (Å²) in [6.07, 6.45) is 3.61. The minimum Gasteiger partial charge on any atom is -0.397 e. The molecule has 1 atom stereocenters. The number of H-pyrrole nitrogens is 1. The van der Waals surface area contributed by atoms with Crippen molar-refractivity contribution in [2.75, 3.05) is 32.5 Å². The summed E-state index contributed by atoms with van der Waals surface area (Å²) in [6.45, 7) is 1.50. The summed E-state index contributed by atoms with van der Waals surface area (Å²) in [5.74, 6) is -0.365. The topological polar surface area (TPSA) is 94.5 Å². The highest BCUT2D eigenvalue weighted by atomic mass is 19.1. The molecule has 7 nitrogen and oxygen atoms in total. The first kappa shape index (κ1) is 22.5. The zero-order valence-corrected chi connectivity index (χ0v) is 18.8. The van der Waals surface area contributed by atoms with E-state index in [1.807, 2.05) is 19.0 Å². The lowest BCUT2D eigenvalue weighted by Gasteiger charge is -2.36. The van der Waals surface area contributed by atoms with E-state index in [1.165, 1.54) is 24.4 Å². The number of halogens is 1. The average molecular weight is 450 g/mol. The van der Waals surface area contributed by atoms with Gasteiger partial charge in [-0.1, -0.05) is 0 Å². The molecule has 8 heteroatoms. The van der Waals surface area contributed by atoms with Crippen LogP contribution in [0.3, 0.4) is 0 Å². The van der Waals surface area contributed by atoms with E-state index >= 15 is 0 Å². The van der Waals surface area contributed by atoms with E-state index in [9.17, 15) is 14.0 Å². The standard InChI is InChI=1S/C25H28FN5O2/c1-30(2)20-4-3-11-31(15-20)25(33)16-5-8-19(9-6-16)28-14-22(27)21-13-17-12-18(26)7-10-23(17)29-24(21)32/h5-10,12-14,20,28H,3-4,11,15,27H2,1-2H3,(H,29,32)/b22-14-/t20-/m0/s1. The normalized spacial score (nSPS) is 16.9. The van der Waals surface area contributed by atoms with E-state index < -0.39 is 5.82 Å². The smallest absolute Gasteiger partial charge is 0.257 e. The van der Waals surface area contributed by atoms with Crippen molar-refractivity contribution in [2.45, 2.75) is 18.9 Å². The number of amides is 1. The summed E-state index contributed by atoms with van der Waals surface area (Å²) >= 11 is 0. The van der Waals surface area contributed by atoms with E-state index in [0.29, 0.717) is 22.5 Å². The Morgan fingerprint density at radius 2 is 1.97 bits per heavy atom. The number of fused-ring (bicyclic) bond motifs is 1. The molecular weight excluding hydrogens is 421 g/mol. The lowest BCUT2D eigenvalue weighted by molar-refractivity contribution is 0.0635. The fourth-order valence-corrected chi connectivity index (χ4v) is 4.08. The highest BCUT2D eigenvalue weighted by molar-refractivity contribution is 5.94. The molecule has 1 aliphatic heterocycles. The Hall–Kier alpha value is -3.65. The number of nitrogens with zero attached hydrogens (tertiary/aromatic N) is 2. The number of aromatic nitrogens is 1. The number of likely N-dealkylation sites (tertiary alicyclic amines) is 1. The maximum Gasteiger partial charge on any atom is 0.257 e. The molecule has 0 aliphatic carbocycles. The molecule has 172 valence electrons. The van der Waals surface area contributed by atoms with Gasteiger partial charge in [0.15, 0.2) is 0 Å². The quantitative estimate of drug-likeness (QED) is 0.556. The number of hydrogen-bond acceptors (Lipinski definition) is 5. The summed E-state index contributed by atoms with van der Waals surface area (Å²) in [6, 6.07) is 13.2. The van der Waals surface area contributed by atoms with Crippen LogP contribution in [0.2, 0.25) is 0 Å². The Balaban J connectivity index is 1.46. The van der Waals surface area contributed by atoms with Crippen LogP contribution in [0.1, 0.15) is 28.8 Å². The lowest BCUT2D eigenvalue weighted by Crippen LogP contribution is -2.47. The second kappa shape index (κ2) is 9.46. The molecule has 0 radical (unpaired) electrons. The van der Waals surface area contributed by atoms with Crippen molar-refractivity contribution in [2.24, 2.45) is 5.73 Å². The van der Waals surface area contributed by atoms with Crippen LogP contribution >= 0.6 is 0 Å². The average Bonchev–Trinajstić information content (AvgIpc) is 2.82. The summed E-state index contributed by atoms with van der Waals surface area (Å²) in [5.41, 5.74) is 8.10. The molecule has 2 heterocycles. The molecule has 0 bridgehead atoms. The van der Waals surface area contributed by atoms with Gasteiger partial charge in [0.25, 0.3) is 11.5 Å². The maximum atomic E-state index is 13.5. The van der Waals surface area contributed by atoms with Gasteiger partial charge in [0.05, 0.1) is 11.3 Å². The van der Waals surface area contributed by atoms with E-state index in [0.717, 1.165) is 31.6 Å². The Bertz CT molecular complexity index is 1250. The molecule has 1 aliphatic rings. The highest BCUT2D eigenvalue weighted by Crippen LogP contribution is 2.19. The van der Waals surface area contributed by atoms with Gasteiger partial charge in [0, 0.05) is 47.5 Å². The predicted molar refractivity (Wildman–Crippen MR) is 129 cm³/mol. The van der Waals surface area contributed by atoms with Gasteiger partial charge in [-0.25, -0.2) is 4.39 Å². The fourth-order valence-electron chi connectivity index (χ4n) is 4.08. The second-order valence-electron chi connectivity index (χ2n) is 8.58. The van der Waals surface area contributed by atoms with Crippen molar-refractivity contribution in [3.63, 3.8) is 0 Å². The largest absolute Gasteiger partial charge is 0.397 e. The fraction of sp³-hybridized carbons (Fsp3) is 0.280. The number of hydrogen-bond donors (Lipinski definition) is 3. The number of anilines is 1. The molecule has 33 heavy (non-hydrogen) atoms. The van der Waals surface area contributed by atoms with Crippen LogP contribution in [0.5, 0.6) is 0 Å². The van der Waals surface area contributed by atoms with Gasteiger partial charge in [-0.3, -0.25) is 9.59 Å². The van der Waals surface area contributed by atoms with Crippen LogP contribution in [0.15, 0.2) is 59.5 Å². The van der Waals surface area contributed by atoms with Crippen LogP contribution in [0.25, 0.3) is 16.6 Å². The third kappa shape index (κ3) is 5.06. The first-order valence-electron chi connectivity index (χ1n) is 10.9. The first-order valence-corrected chi connectivity index (χ1v) is 10.9. The zero-order chi connectivity index (χ0) is 23.5. The third-order valence-corrected chi connectivity index (χ3v) is 6.06. The summed E-state index contributed by atoms with van der Waals surface area (Å²) < 4.78 is 13.5. The minimum atomic E-state index is -0.391. The number of pyridine rings is 1. The number of carbonyl (C=O) groups excluding carboxylic acids is 1. The van der Waals surface area contributed by atoms with Crippen LogP contribution < -0.4 is 16.6 Å². The number of rotatable bonds is 5. The number of aromatic amines is 1. The number of benzene rings is 2. The van der Waals surface area contributed by atoms with Gasteiger partial charge in [0.2, 0.25) is 0 Å². The van der Waals surface area contributed by atoms with Gasteiger partial charge in [0.1, 0.15) is 5.82 Å². The Morgan fingerprint density at radius 1 is 1.21 bits per heavy atom. The minimum absolute atomic E-state index is 0.0260. The van der Waals surface area contributed by atoms with Gasteiger partial charge in [-0.2, -0.15) is 0 Å². The SMILES string of the molecule is CN(C)[C@H]1CCCN(C(=O)c2ccc(N/C=C(\N)c3cc4cc(F)ccc4[nH]c3=O)cc2)C1.